The number of nitrogens with one attached hydrogen (secondary N) is 1. The zero-order valence-electron chi connectivity index (χ0n) is 13.2. The minimum Gasteiger partial charge on any atom is -0.406 e. The SMILES string of the molecule is O=C1C(=Cc2cccc(F)c2F)NC(=S)N1c1ccc(OC(F)(F)F)cc1. The smallest absolute Gasteiger partial charge is 0.406 e. The second-order valence-corrected chi connectivity index (χ2v) is 5.70. The van der Waals surface area contributed by atoms with E-state index in [0.29, 0.717) is 0 Å². The molecular formula is C17H9F5N2O2S. The van der Waals surface area contributed by atoms with E-state index in [2.05, 4.69) is 10.1 Å². The molecule has 1 aliphatic rings. The fourth-order valence-electron chi connectivity index (χ4n) is 2.35. The fourth-order valence-corrected chi connectivity index (χ4v) is 2.65. The molecular weight excluding hydrogens is 391 g/mol. The maximum absolute atomic E-state index is 13.8. The number of ether oxygens (including phenoxy) is 1. The molecule has 0 unspecified atom stereocenters. The third-order valence-electron chi connectivity index (χ3n) is 3.49. The Hall–Kier alpha value is -3.01. The molecule has 1 N–H and O–H groups in total. The minimum absolute atomic E-state index is 0.0625. The largest absolute Gasteiger partial charge is 0.573 e. The number of carbonyl (C=O) groups is 1. The molecule has 1 aliphatic heterocycles. The summed E-state index contributed by atoms with van der Waals surface area (Å²) in [5.74, 6) is -3.34. The molecule has 2 aromatic carbocycles. The number of nitrogens with zero attached hydrogens (tertiary/aromatic N) is 1. The highest BCUT2D eigenvalue weighted by Crippen LogP contribution is 2.28. The Labute approximate surface area is 154 Å². The Morgan fingerprint density at radius 3 is 2.37 bits per heavy atom. The first-order chi connectivity index (χ1) is 12.7. The van der Waals surface area contributed by atoms with Crippen LogP contribution >= 0.6 is 12.2 Å². The van der Waals surface area contributed by atoms with Crippen molar-refractivity contribution in [1.82, 2.24) is 5.32 Å². The number of hydrogen-bond donors (Lipinski definition) is 1. The van der Waals surface area contributed by atoms with E-state index < -0.39 is 29.7 Å². The van der Waals surface area contributed by atoms with Crippen LogP contribution in [0.15, 0.2) is 48.2 Å². The van der Waals surface area contributed by atoms with Crippen LogP contribution in [-0.2, 0) is 4.79 Å². The maximum Gasteiger partial charge on any atom is 0.573 e. The molecule has 1 fully saturated rings. The van der Waals surface area contributed by atoms with Crippen molar-refractivity contribution in [3.63, 3.8) is 0 Å². The number of carbonyl (C=O) groups excluding carboxylic acids is 1. The van der Waals surface area contributed by atoms with Crippen LogP contribution in [0.5, 0.6) is 5.75 Å². The predicted molar refractivity (Wildman–Crippen MR) is 90.7 cm³/mol. The van der Waals surface area contributed by atoms with Gasteiger partial charge in [-0.25, -0.2) is 8.78 Å². The molecule has 0 aliphatic carbocycles. The summed E-state index contributed by atoms with van der Waals surface area (Å²) in [6, 6.07) is 7.94. The van der Waals surface area contributed by atoms with Crippen molar-refractivity contribution in [2.24, 2.45) is 0 Å². The van der Waals surface area contributed by atoms with Gasteiger partial charge in [0.15, 0.2) is 16.7 Å². The van der Waals surface area contributed by atoms with Crippen molar-refractivity contribution in [2.75, 3.05) is 4.90 Å². The molecule has 0 saturated carbocycles. The monoisotopic (exact) mass is 400 g/mol. The Bertz CT molecular complexity index is 941. The number of alkyl halides is 3. The average Bonchev–Trinajstić information content (AvgIpc) is 2.85. The van der Waals surface area contributed by atoms with E-state index in [-0.39, 0.29) is 22.1 Å². The van der Waals surface area contributed by atoms with E-state index in [0.717, 1.165) is 29.2 Å². The number of benzene rings is 2. The third kappa shape index (κ3) is 4.05. The molecule has 10 heteroatoms. The highest BCUT2D eigenvalue weighted by molar-refractivity contribution is 7.80. The summed E-state index contributed by atoms with van der Waals surface area (Å²) in [6.07, 6.45) is -3.75. The van der Waals surface area contributed by atoms with Crippen molar-refractivity contribution in [3.05, 3.63) is 65.4 Å². The Morgan fingerprint density at radius 2 is 1.74 bits per heavy atom. The minimum atomic E-state index is -4.84. The Kier molecular flexibility index (Phi) is 4.83. The first kappa shape index (κ1) is 18.8. The van der Waals surface area contributed by atoms with E-state index in [4.69, 9.17) is 12.2 Å². The van der Waals surface area contributed by atoms with Gasteiger partial charge in [0.25, 0.3) is 5.91 Å². The molecule has 0 aromatic heterocycles. The van der Waals surface area contributed by atoms with Crippen LogP contribution in [-0.4, -0.2) is 17.4 Å². The van der Waals surface area contributed by atoms with Crippen molar-refractivity contribution >= 4 is 35.0 Å². The van der Waals surface area contributed by atoms with Crippen molar-refractivity contribution < 1.29 is 31.5 Å². The van der Waals surface area contributed by atoms with Crippen LogP contribution in [0, 0.1) is 11.6 Å². The van der Waals surface area contributed by atoms with Crippen molar-refractivity contribution in [3.8, 4) is 5.75 Å². The van der Waals surface area contributed by atoms with Gasteiger partial charge in [-0.1, -0.05) is 12.1 Å². The van der Waals surface area contributed by atoms with Gasteiger partial charge in [-0.3, -0.25) is 9.69 Å². The van der Waals surface area contributed by atoms with Crippen LogP contribution in [0.4, 0.5) is 27.6 Å². The number of thiocarbonyl (C=S) groups is 1. The maximum atomic E-state index is 13.8. The van der Waals surface area contributed by atoms with E-state index in [1.54, 1.807) is 0 Å². The molecule has 1 saturated heterocycles. The number of amides is 1. The van der Waals surface area contributed by atoms with Crippen LogP contribution in [0.25, 0.3) is 6.08 Å². The summed E-state index contributed by atoms with van der Waals surface area (Å²) in [4.78, 5) is 13.5. The molecule has 1 amide bonds. The summed E-state index contributed by atoms with van der Waals surface area (Å²) >= 11 is 5.05. The van der Waals surface area contributed by atoms with Crippen molar-refractivity contribution in [2.45, 2.75) is 6.36 Å². The average molecular weight is 400 g/mol. The van der Waals surface area contributed by atoms with Gasteiger partial charge in [0.1, 0.15) is 11.4 Å². The lowest BCUT2D eigenvalue weighted by atomic mass is 10.1. The molecule has 0 spiro atoms. The molecule has 0 atom stereocenters. The summed E-state index contributed by atoms with van der Waals surface area (Å²) in [5.41, 5.74) is -0.0975. The van der Waals surface area contributed by atoms with Crippen LogP contribution in [0.3, 0.4) is 0 Å². The van der Waals surface area contributed by atoms with Gasteiger partial charge < -0.3 is 10.1 Å². The van der Waals surface area contributed by atoms with Gasteiger partial charge in [-0.15, -0.1) is 13.2 Å². The molecule has 2 aromatic rings. The molecule has 1 heterocycles. The van der Waals surface area contributed by atoms with E-state index in [9.17, 15) is 26.7 Å². The summed E-state index contributed by atoms with van der Waals surface area (Å²) in [6.45, 7) is 0. The zero-order valence-corrected chi connectivity index (χ0v) is 14.0. The van der Waals surface area contributed by atoms with Gasteiger partial charge in [0, 0.05) is 5.56 Å². The van der Waals surface area contributed by atoms with E-state index in [1.807, 2.05) is 0 Å². The molecule has 3 rings (SSSR count). The van der Waals surface area contributed by atoms with E-state index in [1.165, 1.54) is 24.3 Å². The lowest BCUT2D eigenvalue weighted by Gasteiger charge is -2.15. The Balaban J connectivity index is 1.86. The van der Waals surface area contributed by atoms with Crippen LogP contribution in [0.2, 0.25) is 0 Å². The van der Waals surface area contributed by atoms with Gasteiger partial charge in [0.2, 0.25) is 0 Å². The second kappa shape index (κ2) is 6.95. The number of halogens is 5. The topological polar surface area (TPSA) is 41.6 Å². The predicted octanol–water partition coefficient (Wildman–Crippen LogP) is 4.13. The first-order valence-electron chi connectivity index (χ1n) is 7.32. The van der Waals surface area contributed by atoms with E-state index >= 15 is 0 Å². The Morgan fingerprint density at radius 1 is 1.07 bits per heavy atom. The second-order valence-electron chi connectivity index (χ2n) is 5.31. The van der Waals surface area contributed by atoms with Crippen LogP contribution < -0.4 is 15.0 Å². The molecule has 27 heavy (non-hydrogen) atoms. The summed E-state index contributed by atoms with van der Waals surface area (Å²) < 4.78 is 67.4. The summed E-state index contributed by atoms with van der Waals surface area (Å²) in [7, 11) is 0. The molecule has 140 valence electrons. The third-order valence-corrected chi connectivity index (χ3v) is 3.77. The lowest BCUT2D eigenvalue weighted by molar-refractivity contribution is -0.274. The zero-order chi connectivity index (χ0) is 19.8. The van der Waals surface area contributed by atoms with Crippen molar-refractivity contribution in [1.29, 1.82) is 0 Å². The standard InChI is InChI=1S/C17H9F5N2O2S/c18-12-3-1-2-9(14(12)19)8-13-15(25)24(16(27)23-13)10-4-6-11(7-5-10)26-17(20,21)22/h1-8H,(H,23,27). The highest BCUT2D eigenvalue weighted by Gasteiger charge is 2.33. The number of rotatable bonds is 3. The highest BCUT2D eigenvalue weighted by atomic mass is 32.1. The fraction of sp³-hybridized carbons (Fsp3) is 0.0588. The summed E-state index contributed by atoms with van der Waals surface area (Å²) in [5, 5.41) is 2.51. The molecule has 0 bridgehead atoms. The molecule has 0 radical (unpaired) electrons. The van der Waals surface area contributed by atoms with Gasteiger partial charge in [-0.05, 0) is 48.6 Å². The lowest BCUT2D eigenvalue weighted by Crippen LogP contribution is -2.30. The van der Waals surface area contributed by atoms with Gasteiger partial charge in [-0.2, -0.15) is 0 Å². The number of hydrogen-bond acceptors (Lipinski definition) is 3. The van der Waals surface area contributed by atoms with Crippen LogP contribution in [0.1, 0.15) is 5.56 Å². The quantitative estimate of drug-likeness (QED) is 0.478. The van der Waals surface area contributed by atoms with Gasteiger partial charge in [0.05, 0.1) is 5.69 Å². The first-order valence-corrected chi connectivity index (χ1v) is 7.73. The van der Waals surface area contributed by atoms with Gasteiger partial charge >= 0.3 is 6.36 Å². The number of anilines is 1. The normalized spacial score (nSPS) is 16.0. The molecule has 4 nitrogen and oxygen atoms in total.